The highest BCUT2D eigenvalue weighted by Crippen LogP contribution is 2.29. The molecule has 1 aromatic heterocycles. The average molecular weight is 383 g/mol. The van der Waals surface area contributed by atoms with Crippen molar-refractivity contribution < 1.29 is 14.3 Å². The van der Waals surface area contributed by atoms with Gasteiger partial charge in [-0.25, -0.2) is 0 Å². The summed E-state index contributed by atoms with van der Waals surface area (Å²) in [6.07, 6.45) is 6.43. The number of ether oxygens (including phenoxy) is 2. The lowest BCUT2D eigenvalue weighted by Crippen LogP contribution is -2.40. The molecule has 0 spiro atoms. The summed E-state index contributed by atoms with van der Waals surface area (Å²) in [5.41, 5.74) is 2.25. The molecule has 1 aliphatic heterocycles. The van der Waals surface area contributed by atoms with Gasteiger partial charge < -0.3 is 14.8 Å². The van der Waals surface area contributed by atoms with E-state index < -0.39 is 0 Å². The predicted octanol–water partition coefficient (Wildman–Crippen LogP) is 2.81. The lowest BCUT2D eigenvalue weighted by molar-refractivity contribution is -0.122. The zero-order chi connectivity index (χ0) is 19.8. The fraction of sp³-hybridized carbons (Fsp3) is 0.455. The fourth-order valence-corrected chi connectivity index (χ4v) is 3.39. The highest BCUT2D eigenvalue weighted by atomic mass is 16.5. The SMILES string of the molecule is CCC1CN(CC(=O)NCCCc2cccnc2)Cc2cc(OC)ccc2O1. The Kier molecular flexibility index (Phi) is 7.25. The maximum atomic E-state index is 12.4. The number of aromatic nitrogens is 1. The van der Waals surface area contributed by atoms with Gasteiger partial charge in [0.1, 0.15) is 17.6 Å². The van der Waals surface area contributed by atoms with Gasteiger partial charge in [0, 0.05) is 37.6 Å². The number of nitrogens with zero attached hydrogens (tertiary/aromatic N) is 2. The molecular formula is C22H29N3O3. The topological polar surface area (TPSA) is 63.7 Å². The van der Waals surface area contributed by atoms with Crippen LogP contribution in [0.3, 0.4) is 0 Å². The molecule has 1 aromatic carbocycles. The van der Waals surface area contributed by atoms with Crippen molar-refractivity contribution in [3.63, 3.8) is 0 Å². The fourth-order valence-electron chi connectivity index (χ4n) is 3.39. The molecule has 2 aromatic rings. The van der Waals surface area contributed by atoms with Gasteiger partial charge >= 0.3 is 0 Å². The van der Waals surface area contributed by atoms with E-state index in [1.807, 2.05) is 30.5 Å². The molecule has 1 amide bonds. The Bertz CT molecular complexity index is 767. The van der Waals surface area contributed by atoms with Gasteiger partial charge in [-0.2, -0.15) is 0 Å². The summed E-state index contributed by atoms with van der Waals surface area (Å²) in [4.78, 5) is 18.7. The van der Waals surface area contributed by atoms with Crippen molar-refractivity contribution in [3.05, 3.63) is 53.9 Å². The third-order valence-electron chi connectivity index (χ3n) is 4.93. The second kappa shape index (κ2) is 10.1. The highest BCUT2D eigenvalue weighted by molar-refractivity contribution is 5.78. The number of hydrogen-bond donors (Lipinski definition) is 1. The number of methoxy groups -OCH3 is 1. The molecule has 1 atom stereocenters. The first-order chi connectivity index (χ1) is 13.7. The number of hydrogen-bond acceptors (Lipinski definition) is 5. The first-order valence-electron chi connectivity index (χ1n) is 9.89. The van der Waals surface area contributed by atoms with E-state index in [2.05, 4.69) is 28.2 Å². The van der Waals surface area contributed by atoms with Crippen LogP contribution < -0.4 is 14.8 Å². The van der Waals surface area contributed by atoms with E-state index in [4.69, 9.17) is 9.47 Å². The largest absolute Gasteiger partial charge is 0.497 e. The normalized spacial score (nSPS) is 16.6. The van der Waals surface area contributed by atoms with Crippen LogP contribution in [-0.2, 0) is 17.8 Å². The monoisotopic (exact) mass is 383 g/mol. The van der Waals surface area contributed by atoms with Crippen LogP contribution in [0.1, 0.15) is 30.9 Å². The number of pyridine rings is 1. The van der Waals surface area contributed by atoms with E-state index in [0.29, 0.717) is 19.6 Å². The van der Waals surface area contributed by atoms with Crippen molar-refractivity contribution in [2.24, 2.45) is 0 Å². The summed E-state index contributed by atoms with van der Waals surface area (Å²) in [6, 6.07) is 9.86. The molecule has 0 fully saturated rings. The van der Waals surface area contributed by atoms with Gasteiger partial charge in [-0.1, -0.05) is 13.0 Å². The second-order valence-electron chi connectivity index (χ2n) is 7.11. The van der Waals surface area contributed by atoms with E-state index in [0.717, 1.165) is 42.9 Å². The molecule has 0 aliphatic carbocycles. The number of fused-ring (bicyclic) bond motifs is 1. The molecule has 0 saturated carbocycles. The molecule has 3 rings (SSSR count). The standard InChI is InChI=1S/C22H29N3O3/c1-3-19-15-25(14-18-12-20(27-2)8-9-21(18)28-19)16-22(26)24-11-5-7-17-6-4-10-23-13-17/h4,6,8-10,12-13,19H,3,5,7,11,14-16H2,1-2H3,(H,24,26). The van der Waals surface area contributed by atoms with Crippen LogP contribution in [0, 0.1) is 0 Å². The minimum Gasteiger partial charge on any atom is -0.497 e. The molecule has 0 radical (unpaired) electrons. The average Bonchev–Trinajstić information content (AvgIpc) is 2.89. The molecule has 2 heterocycles. The maximum Gasteiger partial charge on any atom is 0.234 e. The zero-order valence-corrected chi connectivity index (χ0v) is 16.7. The van der Waals surface area contributed by atoms with Crippen LogP contribution >= 0.6 is 0 Å². The lowest BCUT2D eigenvalue weighted by atomic mass is 10.1. The summed E-state index contributed by atoms with van der Waals surface area (Å²) in [5, 5.41) is 3.03. The number of benzene rings is 1. The van der Waals surface area contributed by atoms with Gasteiger partial charge in [0.15, 0.2) is 0 Å². The first-order valence-corrected chi connectivity index (χ1v) is 9.89. The van der Waals surface area contributed by atoms with E-state index in [1.54, 1.807) is 13.3 Å². The summed E-state index contributed by atoms with van der Waals surface area (Å²) in [5.74, 6) is 1.73. The quantitative estimate of drug-likeness (QED) is 0.710. The Hall–Kier alpha value is -2.60. The van der Waals surface area contributed by atoms with Crippen LogP contribution in [0.25, 0.3) is 0 Å². The molecule has 0 bridgehead atoms. The van der Waals surface area contributed by atoms with Crippen LogP contribution in [0.15, 0.2) is 42.7 Å². The Morgan fingerprint density at radius 3 is 3.04 bits per heavy atom. The number of carbonyl (C=O) groups excluding carboxylic acids is 1. The molecule has 28 heavy (non-hydrogen) atoms. The maximum absolute atomic E-state index is 12.4. The van der Waals surface area contributed by atoms with E-state index in [1.165, 1.54) is 5.56 Å². The summed E-state index contributed by atoms with van der Waals surface area (Å²) in [6.45, 7) is 4.54. The second-order valence-corrected chi connectivity index (χ2v) is 7.11. The first kappa shape index (κ1) is 20.1. The number of carbonyl (C=O) groups is 1. The molecule has 0 saturated heterocycles. The van der Waals surface area contributed by atoms with E-state index >= 15 is 0 Å². The van der Waals surface area contributed by atoms with E-state index in [-0.39, 0.29) is 12.0 Å². The third kappa shape index (κ3) is 5.70. The Morgan fingerprint density at radius 2 is 2.29 bits per heavy atom. The molecule has 1 aliphatic rings. The lowest BCUT2D eigenvalue weighted by Gasteiger charge is -2.22. The summed E-state index contributed by atoms with van der Waals surface area (Å²) in [7, 11) is 1.66. The molecular weight excluding hydrogens is 354 g/mol. The van der Waals surface area contributed by atoms with Gasteiger partial charge in [0.2, 0.25) is 5.91 Å². The Labute approximate surface area is 166 Å². The van der Waals surface area contributed by atoms with Crippen molar-refractivity contribution >= 4 is 5.91 Å². The molecule has 1 N–H and O–H groups in total. The van der Waals surface area contributed by atoms with Crippen LogP contribution in [0.2, 0.25) is 0 Å². The zero-order valence-electron chi connectivity index (χ0n) is 16.7. The van der Waals surface area contributed by atoms with E-state index in [9.17, 15) is 4.79 Å². The molecule has 6 heteroatoms. The minimum atomic E-state index is 0.0485. The molecule has 6 nitrogen and oxygen atoms in total. The van der Waals surface area contributed by atoms with Crippen LogP contribution in [0.5, 0.6) is 11.5 Å². The van der Waals surface area contributed by atoms with Gasteiger partial charge in [0.05, 0.1) is 13.7 Å². The Balaban J connectivity index is 1.52. The number of rotatable bonds is 8. The molecule has 150 valence electrons. The number of amides is 1. The van der Waals surface area contributed by atoms with Crippen molar-refractivity contribution in [2.75, 3.05) is 26.7 Å². The van der Waals surface area contributed by atoms with Crippen LogP contribution in [-0.4, -0.2) is 48.6 Å². The smallest absolute Gasteiger partial charge is 0.234 e. The third-order valence-corrected chi connectivity index (χ3v) is 4.93. The highest BCUT2D eigenvalue weighted by Gasteiger charge is 2.23. The number of aryl methyl sites for hydroxylation is 1. The van der Waals surface area contributed by atoms with Gasteiger partial charge in [-0.3, -0.25) is 14.7 Å². The van der Waals surface area contributed by atoms with Gasteiger partial charge in [0.25, 0.3) is 0 Å². The van der Waals surface area contributed by atoms with Crippen LogP contribution in [0.4, 0.5) is 0 Å². The van der Waals surface area contributed by atoms with Gasteiger partial charge in [-0.05, 0) is 49.1 Å². The van der Waals surface area contributed by atoms with Crippen molar-refractivity contribution in [1.82, 2.24) is 15.2 Å². The minimum absolute atomic E-state index is 0.0485. The Morgan fingerprint density at radius 1 is 1.39 bits per heavy atom. The summed E-state index contributed by atoms with van der Waals surface area (Å²) >= 11 is 0. The molecule has 1 unspecified atom stereocenters. The van der Waals surface area contributed by atoms with Crippen molar-refractivity contribution in [3.8, 4) is 11.5 Å². The van der Waals surface area contributed by atoms with Crippen molar-refractivity contribution in [2.45, 2.75) is 38.8 Å². The van der Waals surface area contributed by atoms with Crippen molar-refractivity contribution in [1.29, 1.82) is 0 Å². The summed E-state index contributed by atoms with van der Waals surface area (Å²) < 4.78 is 11.5. The number of nitrogens with one attached hydrogen (secondary N) is 1. The predicted molar refractivity (Wildman–Crippen MR) is 109 cm³/mol. The van der Waals surface area contributed by atoms with Gasteiger partial charge in [-0.15, -0.1) is 0 Å².